The van der Waals surface area contributed by atoms with Crippen LogP contribution in [0.3, 0.4) is 0 Å². The Hall–Kier alpha value is -2.40. The van der Waals surface area contributed by atoms with Gasteiger partial charge in [0.25, 0.3) is 5.91 Å². The Labute approximate surface area is 143 Å². The molecule has 0 N–H and O–H groups in total. The van der Waals surface area contributed by atoms with Gasteiger partial charge in [-0.05, 0) is 30.3 Å². The van der Waals surface area contributed by atoms with E-state index in [2.05, 4.69) is 4.90 Å². The Bertz CT molecular complexity index is 866. The summed E-state index contributed by atoms with van der Waals surface area (Å²) in [5.41, 5.74) is 1.80. The molecule has 3 nitrogen and oxygen atoms in total. The van der Waals surface area contributed by atoms with Gasteiger partial charge in [0, 0.05) is 47.3 Å². The van der Waals surface area contributed by atoms with E-state index in [0.717, 1.165) is 34.4 Å². The van der Waals surface area contributed by atoms with Crippen LogP contribution >= 0.6 is 11.3 Å². The lowest BCUT2D eigenvalue weighted by molar-refractivity contribution is 0.0749. The third-order valence-electron chi connectivity index (χ3n) is 4.47. The van der Waals surface area contributed by atoms with Crippen molar-refractivity contribution in [2.24, 2.45) is 0 Å². The SMILES string of the molecule is O=C(c1csc2ccccc12)N1CCN(c2ccc(F)cc2)CC1. The molecule has 122 valence electrons. The van der Waals surface area contributed by atoms with E-state index in [9.17, 15) is 9.18 Å². The van der Waals surface area contributed by atoms with Gasteiger partial charge in [0.1, 0.15) is 5.82 Å². The van der Waals surface area contributed by atoms with E-state index in [1.807, 2.05) is 34.5 Å². The van der Waals surface area contributed by atoms with Gasteiger partial charge in [-0.25, -0.2) is 4.39 Å². The molecule has 0 atom stereocenters. The largest absolute Gasteiger partial charge is 0.368 e. The molecule has 0 bridgehead atoms. The maximum Gasteiger partial charge on any atom is 0.255 e. The number of rotatable bonds is 2. The average molecular weight is 340 g/mol. The molecule has 0 radical (unpaired) electrons. The van der Waals surface area contributed by atoms with Crippen LogP contribution < -0.4 is 4.90 Å². The van der Waals surface area contributed by atoms with E-state index in [4.69, 9.17) is 0 Å². The number of piperazine rings is 1. The molecule has 0 unspecified atom stereocenters. The van der Waals surface area contributed by atoms with Crippen LogP contribution in [0.4, 0.5) is 10.1 Å². The molecule has 5 heteroatoms. The fourth-order valence-corrected chi connectivity index (χ4v) is 4.07. The highest BCUT2D eigenvalue weighted by Gasteiger charge is 2.24. The Kier molecular flexibility index (Phi) is 3.94. The van der Waals surface area contributed by atoms with E-state index in [0.29, 0.717) is 13.1 Å². The van der Waals surface area contributed by atoms with Crippen molar-refractivity contribution >= 4 is 33.0 Å². The predicted molar refractivity (Wildman–Crippen MR) is 96.3 cm³/mol. The Balaban J connectivity index is 1.47. The Morgan fingerprint density at radius 1 is 0.958 bits per heavy atom. The first-order valence-corrected chi connectivity index (χ1v) is 8.86. The summed E-state index contributed by atoms with van der Waals surface area (Å²) in [5.74, 6) is -0.122. The van der Waals surface area contributed by atoms with Crippen molar-refractivity contribution in [1.29, 1.82) is 0 Å². The molecule has 0 spiro atoms. The number of anilines is 1. The lowest BCUT2D eigenvalue weighted by atomic mass is 10.1. The van der Waals surface area contributed by atoms with Crippen molar-refractivity contribution in [3.63, 3.8) is 0 Å². The smallest absolute Gasteiger partial charge is 0.255 e. The van der Waals surface area contributed by atoms with Crippen LogP contribution in [0.1, 0.15) is 10.4 Å². The van der Waals surface area contributed by atoms with Crippen molar-refractivity contribution in [3.05, 3.63) is 65.3 Å². The normalized spacial score (nSPS) is 15.0. The first kappa shape index (κ1) is 15.1. The molecule has 2 aromatic carbocycles. The minimum Gasteiger partial charge on any atom is -0.368 e. The summed E-state index contributed by atoms with van der Waals surface area (Å²) >= 11 is 1.61. The fraction of sp³-hybridized carbons (Fsp3) is 0.211. The van der Waals surface area contributed by atoms with Gasteiger partial charge < -0.3 is 9.80 Å². The van der Waals surface area contributed by atoms with Gasteiger partial charge in [-0.2, -0.15) is 0 Å². The summed E-state index contributed by atoms with van der Waals surface area (Å²) in [4.78, 5) is 16.9. The molecule has 2 heterocycles. The summed E-state index contributed by atoms with van der Waals surface area (Å²) in [7, 11) is 0. The molecule has 24 heavy (non-hydrogen) atoms. The minimum absolute atomic E-state index is 0.103. The predicted octanol–water partition coefficient (Wildman–Crippen LogP) is 4.00. The Morgan fingerprint density at radius 3 is 2.42 bits per heavy atom. The lowest BCUT2D eigenvalue weighted by Gasteiger charge is -2.36. The molecule has 1 aromatic heterocycles. The molecular weight excluding hydrogens is 323 g/mol. The quantitative estimate of drug-likeness (QED) is 0.704. The van der Waals surface area contributed by atoms with Gasteiger partial charge in [-0.15, -0.1) is 11.3 Å². The monoisotopic (exact) mass is 340 g/mol. The second-order valence-electron chi connectivity index (χ2n) is 5.90. The first-order valence-electron chi connectivity index (χ1n) is 7.98. The number of carbonyl (C=O) groups excluding carboxylic acids is 1. The van der Waals surface area contributed by atoms with Crippen molar-refractivity contribution < 1.29 is 9.18 Å². The zero-order valence-corrected chi connectivity index (χ0v) is 13.9. The standard InChI is InChI=1S/C19H17FN2OS/c20-14-5-7-15(8-6-14)21-9-11-22(12-10-21)19(23)17-13-24-18-4-2-1-3-16(17)18/h1-8,13H,9-12H2. The van der Waals surface area contributed by atoms with Crippen LogP contribution in [-0.4, -0.2) is 37.0 Å². The molecule has 0 saturated carbocycles. The van der Waals surface area contributed by atoms with Crippen LogP contribution in [0.15, 0.2) is 53.9 Å². The van der Waals surface area contributed by atoms with Crippen LogP contribution in [-0.2, 0) is 0 Å². The molecule has 4 rings (SSSR count). The summed E-state index contributed by atoms with van der Waals surface area (Å²) in [6.45, 7) is 2.89. The van der Waals surface area contributed by atoms with Crippen LogP contribution in [0, 0.1) is 5.82 Å². The highest BCUT2D eigenvalue weighted by molar-refractivity contribution is 7.17. The van der Waals surface area contributed by atoms with Crippen molar-refractivity contribution in [2.45, 2.75) is 0 Å². The van der Waals surface area contributed by atoms with Crippen LogP contribution in [0.25, 0.3) is 10.1 Å². The van der Waals surface area contributed by atoms with E-state index in [-0.39, 0.29) is 11.7 Å². The summed E-state index contributed by atoms with van der Waals surface area (Å²) in [6.07, 6.45) is 0. The van der Waals surface area contributed by atoms with Crippen LogP contribution in [0.2, 0.25) is 0 Å². The second-order valence-corrected chi connectivity index (χ2v) is 6.81. The molecule has 1 saturated heterocycles. The highest BCUT2D eigenvalue weighted by atomic mass is 32.1. The topological polar surface area (TPSA) is 23.6 Å². The Morgan fingerprint density at radius 2 is 1.67 bits per heavy atom. The lowest BCUT2D eigenvalue weighted by Crippen LogP contribution is -2.48. The van der Waals surface area contributed by atoms with E-state index < -0.39 is 0 Å². The molecule has 1 amide bonds. The summed E-state index contributed by atoms with van der Waals surface area (Å²) in [6, 6.07) is 14.6. The molecule has 1 aliphatic heterocycles. The number of carbonyl (C=O) groups is 1. The number of benzene rings is 2. The van der Waals surface area contributed by atoms with E-state index in [1.165, 1.54) is 12.1 Å². The van der Waals surface area contributed by atoms with Gasteiger partial charge in [-0.3, -0.25) is 4.79 Å². The highest BCUT2D eigenvalue weighted by Crippen LogP contribution is 2.27. The number of nitrogens with zero attached hydrogens (tertiary/aromatic N) is 2. The molecule has 1 fully saturated rings. The zero-order valence-electron chi connectivity index (χ0n) is 13.1. The molecule has 3 aromatic rings. The summed E-state index contributed by atoms with van der Waals surface area (Å²) in [5, 5.41) is 2.99. The molecule has 0 aliphatic carbocycles. The van der Waals surface area contributed by atoms with Gasteiger partial charge in [0.05, 0.1) is 5.56 Å². The number of amides is 1. The van der Waals surface area contributed by atoms with Gasteiger partial charge >= 0.3 is 0 Å². The molecule has 1 aliphatic rings. The maximum atomic E-state index is 13.0. The third kappa shape index (κ3) is 2.76. The molecular formula is C19H17FN2OS. The number of halogens is 1. The van der Waals surface area contributed by atoms with Gasteiger partial charge in [0.2, 0.25) is 0 Å². The minimum atomic E-state index is -0.225. The average Bonchev–Trinajstić information content (AvgIpc) is 3.06. The maximum absolute atomic E-state index is 13.0. The number of fused-ring (bicyclic) bond motifs is 1. The zero-order chi connectivity index (χ0) is 16.5. The summed E-state index contributed by atoms with van der Waals surface area (Å²) < 4.78 is 14.2. The van der Waals surface area contributed by atoms with E-state index in [1.54, 1.807) is 23.5 Å². The fourth-order valence-electron chi connectivity index (χ4n) is 3.13. The van der Waals surface area contributed by atoms with Gasteiger partial charge in [0.15, 0.2) is 0 Å². The number of thiophene rings is 1. The van der Waals surface area contributed by atoms with Crippen molar-refractivity contribution in [2.75, 3.05) is 31.1 Å². The third-order valence-corrected chi connectivity index (χ3v) is 5.43. The van der Waals surface area contributed by atoms with Crippen molar-refractivity contribution in [1.82, 2.24) is 4.90 Å². The second kappa shape index (κ2) is 6.24. The van der Waals surface area contributed by atoms with Gasteiger partial charge in [-0.1, -0.05) is 18.2 Å². The van der Waals surface area contributed by atoms with E-state index >= 15 is 0 Å². The van der Waals surface area contributed by atoms with Crippen LogP contribution in [0.5, 0.6) is 0 Å². The number of hydrogen-bond acceptors (Lipinski definition) is 3. The first-order chi connectivity index (χ1) is 11.7. The van der Waals surface area contributed by atoms with Crippen molar-refractivity contribution in [3.8, 4) is 0 Å². The number of hydrogen-bond donors (Lipinski definition) is 0.